The average molecular weight is 390 g/mol. The van der Waals surface area contributed by atoms with Crippen molar-refractivity contribution in [1.82, 2.24) is 15.1 Å². The van der Waals surface area contributed by atoms with Crippen molar-refractivity contribution in [2.45, 2.75) is 19.4 Å². The van der Waals surface area contributed by atoms with Crippen molar-refractivity contribution in [1.29, 1.82) is 0 Å². The SMILES string of the molecule is Cc1ccc(C(CN=C(N)NCCCN2CCOCC2)N2CCOCC2)cc1. The number of nitrogens with one attached hydrogen (secondary N) is 1. The van der Waals surface area contributed by atoms with Gasteiger partial charge in [-0.2, -0.15) is 0 Å². The van der Waals surface area contributed by atoms with Gasteiger partial charge in [-0.3, -0.25) is 14.8 Å². The highest BCUT2D eigenvalue weighted by Gasteiger charge is 2.22. The van der Waals surface area contributed by atoms with E-state index in [9.17, 15) is 0 Å². The standard InChI is InChI=1S/C21H35N5O2/c1-18-3-5-19(6-4-18)20(26-11-15-28-16-12-26)17-24-21(22)23-7-2-8-25-9-13-27-14-10-25/h3-6,20H,2,7-17H2,1H3,(H3,22,23,24). The van der Waals surface area contributed by atoms with E-state index in [-0.39, 0.29) is 6.04 Å². The van der Waals surface area contributed by atoms with E-state index in [0.717, 1.165) is 72.1 Å². The number of hydrogen-bond donors (Lipinski definition) is 2. The lowest BCUT2D eigenvalue weighted by molar-refractivity contribution is 0.0180. The molecule has 0 aromatic heterocycles. The molecule has 0 aliphatic carbocycles. The van der Waals surface area contributed by atoms with Crippen LogP contribution in [0.15, 0.2) is 29.3 Å². The summed E-state index contributed by atoms with van der Waals surface area (Å²) in [7, 11) is 0. The third-order valence-electron chi connectivity index (χ3n) is 5.44. The molecule has 3 rings (SSSR count). The zero-order valence-electron chi connectivity index (χ0n) is 17.1. The average Bonchev–Trinajstić information content (AvgIpc) is 2.74. The summed E-state index contributed by atoms with van der Waals surface area (Å²) >= 11 is 0. The largest absolute Gasteiger partial charge is 0.379 e. The van der Waals surface area contributed by atoms with E-state index in [4.69, 9.17) is 15.2 Å². The number of rotatable bonds is 8. The molecule has 2 heterocycles. The Balaban J connectivity index is 1.48. The summed E-state index contributed by atoms with van der Waals surface area (Å²) in [6, 6.07) is 8.98. The molecule has 7 heteroatoms. The molecule has 0 saturated carbocycles. The first-order chi connectivity index (χ1) is 13.7. The van der Waals surface area contributed by atoms with Gasteiger partial charge in [0.1, 0.15) is 0 Å². The maximum atomic E-state index is 6.14. The highest BCUT2D eigenvalue weighted by molar-refractivity contribution is 5.77. The quantitative estimate of drug-likeness (QED) is 0.392. The number of benzene rings is 1. The van der Waals surface area contributed by atoms with Gasteiger partial charge in [-0.15, -0.1) is 0 Å². The number of aliphatic imine (C=N–C) groups is 1. The van der Waals surface area contributed by atoms with Crippen LogP contribution in [-0.4, -0.2) is 88.0 Å². The predicted octanol–water partition coefficient (Wildman–Crippen LogP) is 0.995. The van der Waals surface area contributed by atoms with Crippen LogP contribution in [0.3, 0.4) is 0 Å². The molecule has 156 valence electrons. The molecule has 0 amide bonds. The van der Waals surface area contributed by atoms with Crippen LogP contribution < -0.4 is 11.1 Å². The van der Waals surface area contributed by atoms with Crippen molar-refractivity contribution >= 4 is 5.96 Å². The van der Waals surface area contributed by atoms with Crippen molar-refractivity contribution in [3.8, 4) is 0 Å². The topological polar surface area (TPSA) is 75.3 Å². The molecule has 7 nitrogen and oxygen atoms in total. The van der Waals surface area contributed by atoms with Gasteiger partial charge in [-0.1, -0.05) is 29.8 Å². The zero-order chi connectivity index (χ0) is 19.6. The third kappa shape index (κ3) is 6.74. The second-order valence-corrected chi connectivity index (χ2v) is 7.54. The van der Waals surface area contributed by atoms with E-state index in [1.807, 2.05) is 0 Å². The first-order valence-corrected chi connectivity index (χ1v) is 10.4. The van der Waals surface area contributed by atoms with Gasteiger partial charge in [0.2, 0.25) is 0 Å². The summed E-state index contributed by atoms with van der Waals surface area (Å²) in [5, 5.41) is 3.27. The predicted molar refractivity (Wildman–Crippen MR) is 113 cm³/mol. The second-order valence-electron chi connectivity index (χ2n) is 7.54. The first kappa shape index (κ1) is 21.0. The summed E-state index contributed by atoms with van der Waals surface area (Å²) < 4.78 is 10.9. The normalized spacial score (nSPS) is 20.8. The fraction of sp³-hybridized carbons (Fsp3) is 0.667. The number of nitrogens with two attached hydrogens (primary N) is 1. The van der Waals surface area contributed by atoms with Crippen LogP contribution in [0.4, 0.5) is 0 Å². The molecule has 1 unspecified atom stereocenters. The minimum atomic E-state index is 0.234. The highest BCUT2D eigenvalue weighted by atomic mass is 16.5. The minimum Gasteiger partial charge on any atom is -0.379 e. The number of hydrogen-bond acceptors (Lipinski definition) is 5. The van der Waals surface area contributed by atoms with Gasteiger partial charge in [0.15, 0.2) is 5.96 Å². The molecule has 28 heavy (non-hydrogen) atoms. The van der Waals surface area contributed by atoms with Crippen molar-refractivity contribution in [3.63, 3.8) is 0 Å². The van der Waals surface area contributed by atoms with Crippen LogP contribution >= 0.6 is 0 Å². The molecular formula is C21H35N5O2. The lowest BCUT2D eigenvalue weighted by Crippen LogP contribution is -2.41. The maximum absolute atomic E-state index is 6.14. The number of guanidine groups is 1. The van der Waals surface area contributed by atoms with Crippen LogP contribution in [0.25, 0.3) is 0 Å². The molecule has 2 saturated heterocycles. The smallest absolute Gasteiger partial charge is 0.188 e. The number of aryl methyl sites for hydroxylation is 1. The van der Waals surface area contributed by atoms with E-state index in [1.165, 1.54) is 11.1 Å². The molecule has 3 N–H and O–H groups in total. The Labute approximate surface area is 168 Å². The second kappa shape index (κ2) is 11.4. The molecule has 2 fully saturated rings. The fourth-order valence-corrected chi connectivity index (χ4v) is 3.69. The van der Waals surface area contributed by atoms with Crippen LogP contribution in [0, 0.1) is 6.92 Å². The summed E-state index contributed by atoms with van der Waals surface area (Å²) in [4.78, 5) is 9.53. The van der Waals surface area contributed by atoms with E-state index < -0.39 is 0 Å². The van der Waals surface area contributed by atoms with Crippen molar-refractivity contribution in [3.05, 3.63) is 35.4 Å². The highest BCUT2D eigenvalue weighted by Crippen LogP contribution is 2.22. The summed E-state index contributed by atoms with van der Waals surface area (Å²) in [5.74, 6) is 0.535. The van der Waals surface area contributed by atoms with Crippen LogP contribution in [0.2, 0.25) is 0 Å². The molecular weight excluding hydrogens is 354 g/mol. The van der Waals surface area contributed by atoms with Gasteiger partial charge in [0, 0.05) is 32.7 Å². The zero-order valence-corrected chi connectivity index (χ0v) is 17.1. The first-order valence-electron chi connectivity index (χ1n) is 10.4. The Morgan fingerprint density at radius 3 is 2.39 bits per heavy atom. The summed E-state index contributed by atoms with van der Waals surface area (Å²) in [6.07, 6.45) is 1.06. The van der Waals surface area contributed by atoms with E-state index in [2.05, 4.69) is 51.3 Å². The van der Waals surface area contributed by atoms with Gasteiger partial charge in [-0.05, 0) is 25.5 Å². The van der Waals surface area contributed by atoms with Crippen molar-refractivity contribution in [2.75, 3.05) is 72.2 Å². The van der Waals surface area contributed by atoms with Crippen LogP contribution in [-0.2, 0) is 9.47 Å². The Morgan fingerprint density at radius 1 is 1.07 bits per heavy atom. The molecule has 2 aliphatic rings. The number of nitrogens with zero attached hydrogens (tertiary/aromatic N) is 3. The molecule has 1 atom stereocenters. The maximum Gasteiger partial charge on any atom is 0.188 e. The molecule has 1 aromatic carbocycles. The van der Waals surface area contributed by atoms with Gasteiger partial charge in [0.25, 0.3) is 0 Å². The van der Waals surface area contributed by atoms with E-state index >= 15 is 0 Å². The summed E-state index contributed by atoms with van der Waals surface area (Å²) in [6.45, 7) is 11.9. The fourth-order valence-electron chi connectivity index (χ4n) is 3.69. The van der Waals surface area contributed by atoms with Crippen LogP contribution in [0.1, 0.15) is 23.6 Å². The molecule has 0 bridgehead atoms. The minimum absolute atomic E-state index is 0.234. The molecule has 1 aromatic rings. The van der Waals surface area contributed by atoms with E-state index in [1.54, 1.807) is 0 Å². The van der Waals surface area contributed by atoms with Crippen molar-refractivity contribution in [2.24, 2.45) is 10.7 Å². The van der Waals surface area contributed by atoms with Gasteiger partial charge < -0.3 is 20.5 Å². The van der Waals surface area contributed by atoms with Crippen LogP contribution in [0.5, 0.6) is 0 Å². The molecule has 0 radical (unpaired) electrons. The third-order valence-corrected chi connectivity index (χ3v) is 5.44. The van der Waals surface area contributed by atoms with Crippen molar-refractivity contribution < 1.29 is 9.47 Å². The molecule has 0 spiro atoms. The van der Waals surface area contributed by atoms with E-state index in [0.29, 0.717) is 12.5 Å². The monoisotopic (exact) mass is 389 g/mol. The lowest BCUT2D eigenvalue weighted by atomic mass is 10.0. The molecule has 2 aliphatic heterocycles. The Hall–Kier alpha value is -1.67. The van der Waals surface area contributed by atoms with Gasteiger partial charge in [-0.25, -0.2) is 0 Å². The lowest BCUT2D eigenvalue weighted by Gasteiger charge is -2.34. The number of ether oxygens (including phenoxy) is 2. The Morgan fingerprint density at radius 2 is 1.71 bits per heavy atom. The van der Waals surface area contributed by atoms with Gasteiger partial charge in [0.05, 0.1) is 39.0 Å². The Bertz CT molecular complexity index is 595. The summed E-state index contributed by atoms with van der Waals surface area (Å²) in [5.41, 5.74) is 8.70. The number of morpholine rings is 2. The van der Waals surface area contributed by atoms with Gasteiger partial charge >= 0.3 is 0 Å². The Kier molecular flexibility index (Phi) is 8.54.